The minimum absolute atomic E-state index is 0.0774. The Morgan fingerprint density at radius 2 is 1.76 bits per heavy atom. The van der Waals surface area contributed by atoms with E-state index in [1.165, 1.54) is 12.8 Å². The normalized spacial score (nSPS) is 25.2. The number of fused-ring (bicyclic) bond motifs is 1. The molecule has 1 amide bonds. The van der Waals surface area contributed by atoms with Crippen molar-refractivity contribution in [1.29, 1.82) is 0 Å². The van der Waals surface area contributed by atoms with Crippen molar-refractivity contribution in [3.63, 3.8) is 0 Å². The molecule has 126 valence electrons. The molecule has 1 saturated carbocycles. The van der Waals surface area contributed by atoms with Crippen LogP contribution >= 0.6 is 0 Å². The molecule has 4 rings (SSSR count). The largest absolute Gasteiger partial charge is 0.342 e. The molecule has 1 aromatic heterocycles. The fourth-order valence-corrected chi connectivity index (χ4v) is 4.25. The summed E-state index contributed by atoms with van der Waals surface area (Å²) in [7, 11) is 1.95. The van der Waals surface area contributed by atoms with Crippen LogP contribution in [0.5, 0.6) is 0 Å². The highest BCUT2D eigenvalue weighted by atomic mass is 16.2. The van der Waals surface area contributed by atoms with Gasteiger partial charge in [-0.2, -0.15) is 0 Å². The van der Waals surface area contributed by atoms with Gasteiger partial charge in [-0.1, -0.05) is 42.9 Å². The van der Waals surface area contributed by atoms with E-state index in [0.717, 1.165) is 29.7 Å². The molecule has 0 spiro atoms. The Morgan fingerprint density at radius 3 is 2.52 bits per heavy atom. The number of amides is 1. The number of hydrogen-bond donors (Lipinski definition) is 0. The summed E-state index contributed by atoms with van der Waals surface area (Å²) in [5, 5.41) is 0. The van der Waals surface area contributed by atoms with Crippen LogP contribution in [0.4, 0.5) is 0 Å². The molecule has 1 unspecified atom stereocenters. The van der Waals surface area contributed by atoms with Crippen molar-refractivity contribution < 1.29 is 4.79 Å². The molecule has 2 aromatic rings. The van der Waals surface area contributed by atoms with E-state index in [9.17, 15) is 4.79 Å². The third-order valence-corrected chi connectivity index (χ3v) is 5.55. The average Bonchev–Trinajstić information content (AvgIpc) is 2.92. The summed E-state index contributed by atoms with van der Waals surface area (Å²) < 4.78 is 0. The van der Waals surface area contributed by atoms with Gasteiger partial charge in [0.25, 0.3) is 0 Å². The standard InChI is InChI=1S/C22H22N2O/c1-24-20-10-6-5-9-18(20)21(22(24)25)19-14-13-17(15-23-19)12-11-16-7-3-2-4-8-16/h2-4,7-8,13-15,18,20-21H,5-6,9-10H2,1H3/t18-,20+,21?/m1/s1. The molecule has 0 N–H and O–H groups in total. The minimum atomic E-state index is -0.0774. The molecule has 1 aromatic carbocycles. The van der Waals surface area contributed by atoms with Crippen molar-refractivity contribution in [1.82, 2.24) is 9.88 Å². The lowest BCUT2D eigenvalue weighted by atomic mass is 9.78. The van der Waals surface area contributed by atoms with Crippen LogP contribution in [0, 0.1) is 17.8 Å². The fourth-order valence-electron chi connectivity index (χ4n) is 4.25. The molecule has 25 heavy (non-hydrogen) atoms. The molecule has 2 aliphatic rings. The first-order valence-electron chi connectivity index (χ1n) is 9.04. The number of carbonyl (C=O) groups is 1. The summed E-state index contributed by atoms with van der Waals surface area (Å²) in [4.78, 5) is 19.3. The first-order chi connectivity index (χ1) is 12.2. The zero-order chi connectivity index (χ0) is 17.2. The second-order valence-electron chi connectivity index (χ2n) is 7.03. The van der Waals surface area contributed by atoms with E-state index in [0.29, 0.717) is 12.0 Å². The van der Waals surface area contributed by atoms with Crippen LogP contribution in [0.3, 0.4) is 0 Å². The Labute approximate surface area is 149 Å². The Balaban J connectivity index is 1.56. The van der Waals surface area contributed by atoms with Crippen LogP contribution in [0.1, 0.15) is 48.4 Å². The van der Waals surface area contributed by atoms with Crippen LogP contribution in [0.15, 0.2) is 48.7 Å². The molecule has 3 atom stereocenters. The summed E-state index contributed by atoms with van der Waals surface area (Å²) in [5.41, 5.74) is 2.77. The lowest BCUT2D eigenvalue weighted by Gasteiger charge is -2.29. The maximum Gasteiger partial charge on any atom is 0.232 e. The summed E-state index contributed by atoms with van der Waals surface area (Å²) in [6, 6.07) is 14.3. The van der Waals surface area contributed by atoms with Gasteiger partial charge in [0.15, 0.2) is 0 Å². The van der Waals surface area contributed by atoms with Crippen LogP contribution in [0.25, 0.3) is 0 Å². The van der Waals surface area contributed by atoms with Crippen molar-refractivity contribution in [2.45, 2.75) is 37.6 Å². The van der Waals surface area contributed by atoms with Crippen molar-refractivity contribution >= 4 is 5.91 Å². The number of likely N-dealkylation sites (tertiary alicyclic amines) is 1. The molecule has 0 bridgehead atoms. The van der Waals surface area contributed by atoms with Gasteiger partial charge < -0.3 is 4.90 Å². The maximum absolute atomic E-state index is 12.7. The highest BCUT2D eigenvalue weighted by Gasteiger charge is 2.48. The van der Waals surface area contributed by atoms with E-state index in [1.54, 1.807) is 6.20 Å². The van der Waals surface area contributed by atoms with Crippen molar-refractivity contribution in [2.75, 3.05) is 7.05 Å². The summed E-state index contributed by atoms with van der Waals surface area (Å²) in [6.07, 6.45) is 6.51. The molecule has 1 aliphatic carbocycles. The number of benzene rings is 1. The topological polar surface area (TPSA) is 33.2 Å². The third kappa shape index (κ3) is 3.05. The van der Waals surface area contributed by atoms with Crippen molar-refractivity contribution in [3.05, 3.63) is 65.5 Å². The fraction of sp³-hybridized carbons (Fsp3) is 0.364. The molecule has 2 fully saturated rings. The van der Waals surface area contributed by atoms with Gasteiger partial charge in [0.2, 0.25) is 5.91 Å². The Hall–Kier alpha value is -2.60. The third-order valence-electron chi connectivity index (χ3n) is 5.55. The van der Waals surface area contributed by atoms with E-state index >= 15 is 0 Å². The van der Waals surface area contributed by atoms with Gasteiger partial charge in [-0.15, -0.1) is 0 Å². The molecule has 2 heterocycles. The second kappa shape index (κ2) is 6.72. The summed E-state index contributed by atoms with van der Waals surface area (Å²) in [6.45, 7) is 0. The molecule has 0 radical (unpaired) electrons. The zero-order valence-electron chi connectivity index (χ0n) is 14.5. The van der Waals surface area contributed by atoms with E-state index < -0.39 is 0 Å². The lowest BCUT2D eigenvalue weighted by Crippen LogP contribution is -2.33. The van der Waals surface area contributed by atoms with Crippen molar-refractivity contribution in [3.8, 4) is 11.8 Å². The SMILES string of the molecule is CN1C(=O)C(c2ccc(C#Cc3ccccc3)cn2)[C@@H]2CCCC[C@@H]21. The predicted octanol–water partition coefficient (Wildman–Crippen LogP) is 3.60. The van der Waals surface area contributed by atoms with Crippen LogP contribution < -0.4 is 0 Å². The average molecular weight is 330 g/mol. The van der Waals surface area contributed by atoms with Gasteiger partial charge in [0.1, 0.15) is 0 Å². The van der Waals surface area contributed by atoms with Crippen LogP contribution in [0.2, 0.25) is 0 Å². The summed E-state index contributed by atoms with van der Waals surface area (Å²) >= 11 is 0. The highest BCUT2D eigenvalue weighted by Crippen LogP contribution is 2.44. The van der Waals surface area contributed by atoms with Gasteiger partial charge in [-0.3, -0.25) is 9.78 Å². The number of nitrogens with zero attached hydrogens (tertiary/aromatic N) is 2. The number of carbonyl (C=O) groups excluding carboxylic acids is 1. The molecule has 3 heteroatoms. The molecule has 3 nitrogen and oxygen atoms in total. The van der Waals surface area contributed by atoms with Gasteiger partial charge >= 0.3 is 0 Å². The molecule has 1 saturated heterocycles. The number of rotatable bonds is 1. The summed E-state index contributed by atoms with van der Waals surface area (Å²) in [5.74, 6) is 6.86. The maximum atomic E-state index is 12.7. The smallest absolute Gasteiger partial charge is 0.232 e. The predicted molar refractivity (Wildman–Crippen MR) is 97.9 cm³/mol. The van der Waals surface area contributed by atoms with E-state index in [1.807, 2.05) is 54.4 Å². The first-order valence-corrected chi connectivity index (χ1v) is 9.04. The molecule has 1 aliphatic heterocycles. The van der Waals surface area contributed by atoms with E-state index in [4.69, 9.17) is 0 Å². The monoisotopic (exact) mass is 330 g/mol. The molecular weight excluding hydrogens is 308 g/mol. The second-order valence-corrected chi connectivity index (χ2v) is 7.03. The number of hydrogen-bond acceptors (Lipinski definition) is 2. The van der Waals surface area contributed by atoms with Gasteiger partial charge in [0.05, 0.1) is 11.6 Å². The Kier molecular flexibility index (Phi) is 4.28. The quantitative estimate of drug-likeness (QED) is 0.749. The van der Waals surface area contributed by atoms with Gasteiger partial charge in [-0.25, -0.2) is 0 Å². The van der Waals surface area contributed by atoms with E-state index in [2.05, 4.69) is 16.8 Å². The Morgan fingerprint density at radius 1 is 1.00 bits per heavy atom. The highest BCUT2D eigenvalue weighted by molar-refractivity contribution is 5.86. The Bertz CT molecular complexity index is 817. The number of aromatic nitrogens is 1. The number of pyridine rings is 1. The van der Waals surface area contributed by atoms with Crippen molar-refractivity contribution in [2.24, 2.45) is 5.92 Å². The zero-order valence-corrected chi connectivity index (χ0v) is 14.5. The molecular formula is C22H22N2O. The minimum Gasteiger partial charge on any atom is -0.342 e. The van der Waals surface area contributed by atoms with Gasteiger partial charge in [0, 0.05) is 30.4 Å². The van der Waals surface area contributed by atoms with E-state index in [-0.39, 0.29) is 11.8 Å². The lowest BCUT2D eigenvalue weighted by molar-refractivity contribution is -0.128. The first kappa shape index (κ1) is 15.9. The van der Waals surface area contributed by atoms with Crippen LogP contribution in [-0.4, -0.2) is 28.9 Å². The van der Waals surface area contributed by atoms with Gasteiger partial charge in [-0.05, 0) is 43.0 Å². The van der Waals surface area contributed by atoms with Crippen LogP contribution in [-0.2, 0) is 4.79 Å². The number of likely N-dealkylation sites (N-methyl/N-ethyl adjacent to an activating group) is 1.